The van der Waals surface area contributed by atoms with Gasteiger partial charge in [0.15, 0.2) is 0 Å². The minimum absolute atomic E-state index is 0.375. The summed E-state index contributed by atoms with van der Waals surface area (Å²) in [7, 11) is 0. The van der Waals surface area contributed by atoms with Gasteiger partial charge in [0.2, 0.25) is 0 Å². The molecule has 66 valence electrons. The van der Waals surface area contributed by atoms with Crippen molar-refractivity contribution in [2.75, 3.05) is 6.54 Å². The summed E-state index contributed by atoms with van der Waals surface area (Å²) in [6, 6.07) is 2.88. The molecule has 1 saturated heterocycles. The summed E-state index contributed by atoms with van der Waals surface area (Å²) in [6.45, 7) is 5.80. The van der Waals surface area contributed by atoms with Crippen LogP contribution in [0.1, 0.15) is 25.8 Å². The number of thiophene rings is 1. The molecule has 2 rings (SSSR count). The summed E-state index contributed by atoms with van der Waals surface area (Å²) in [5.41, 5.74) is 1.88. The van der Waals surface area contributed by atoms with E-state index in [1.165, 1.54) is 12.0 Å². The third-order valence-electron chi connectivity index (χ3n) is 3.23. The largest absolute Gasteiger partial charge is 0.313 e. The molecule has 0 aromatic carbocycles. The summed E-state index contributed by atoms with van der Waals surface area (Å²) >= 11 is 1.80. The summed E-state index contributed by atoms with van der Waals surface area (Å²) in [5, 5.41) is 7.96. The minimum atomic E-state index is 0.375. The zero-order valence-corrected chi connectivity index (χ0v) is 8.45. The van der Waals surface area contributed by atoms with Crippen LogP contribution in [0.5, 0.6) is 0 Å². The van der Waals surface area contributed by atoms with Crippen molar-refractivity contribution in [2.45, 2.75) is 31.7 Å². The Kier molecular flexibility index (Phi) is 1.97. The third-order valence-corrected chi connectivity index (χ3v) is 3.91. The normalized spacial score (nSPS) is 35.7. The smallest absolute Gasteiger partial charge is 0.0134 e. The van der Waals surface area contributed by atoms with Crippen LogP contribution in [-0.4, -0.2) is 12.6 Å². The molecule has 0 spiro atoms. The van der Waals surface area contributed by atoms with Crippen molar-refractivity contribution in [1.29, 1.82) is 0 Å². The maximum absolute atomic E-state index is 3.50. The van der Waals surface area contributed by atoms with E-state index in [1.54, 1.807) is 11.3 Å². The Bertz CT molecular complexity index is 255. The number of hydrogen-bond donors (Lipinski definition) is 1. The molecule has 0 radical (unpaired) electrons. The molecule has 2 heteroatoms. The van der Waals surface area contributed by atoms with Crippen LogP contribution < -0.4 is 5.32 Å². The lowest BCUT2D eigenvalue weighted by molar-refractivity contribution is 0.428. The van der Waals surface area contributed by atoms with Crippen molar-refractivity contribution in [1.82, 2.24) is 5.32 Å². The Morgan fingerprint density at radius 3 is 3.00 bits per heavy atom. The molecule has 0 aliphatic carbocycles. The second kappa shape index (κ2) is 2.86. The van der Waals surface area contributed by atoms with E-state index in [-0.39, 0.29) is 0 Å². The van der Waals surface area contributed by atoms with Gasteiger partial charge in [-0.1, -0.05) is 6.92 Å². The van der Waals surface area contributed by atoms with Crippen molar-refractivity contribution < 1.29 is 0 Å². The summed E-state index contributed by atoms with van der Waals surface area (Å²) in [6.07, 6.45) is 1.27. The van der Waals surface area contributed by atoms with Gasteiger partial charge < -0.3 is 5.32 Å². The van der Waals surface area contributed by atoms with Gasteiger partial charge >= 0.3 is 0 Å². The maximum Gasteiger partial charge on any atom is 0.0134 e. The van der Waals surface area contributed by atoms with E-state index in [0.717, 1.165) is 6.54 Å². The van der Waals surface area contributed by atoms with Gasteiger partial charge in [0.25, 0.3) is 0 Å². The number of rotatable bonds is 1. The zero-order valence-electron chi connectivity index (χ0n) is 7.63. The first-order valence-electron chi connectivity index (χ1n) is 4.49. The molecule has 0 bridgehead atoms. The molecule has 1 fully saturated rings. The summed E-state index contributed by atoms with van der Waals surface area (Å²) in [4.78, 5) is 0. The average molecular weight is 181 g/mol. The number of hydrogen-bond acceptors (Lipinski definition) is 2. The van der Waals surface area contributed by atoms with Gasteiger partial charge in [-0.3, -0.25) is 0 Å². The standard InChI is InChI=1S/C10H15NS/c1-8-10(2,4-5-11-8)9-3-6-12-7-9/h3,6-8,11H,4-5H2,1-2H3. The van der Waals surface area contributed by atoms with Crippen LogP contribution in [0.4, 0.5) is 0 Å². The first-order valence-corrected chi connectivity index (χ1v) is 5.44. The average Bonchev–Trinajstić information content (AvgIpc) is 2.62. The van der Waals surface area contributed by atoms with Gasteiger partial charge in [-0.05, 0) is 42.3 Å². The molecule has 2 unspecified atom stereocenters. The van der Waals surface area contributed by atoms with Gasteiger partial charge in [-0.15, -0.1) is 0 Å². The molecule has 1 aromatic rings. The van der Waals surface area contributed by atoms with Crippen molar-refractivity contribution in [2.24, 2.45) is 0 Å². The lowest BCUT2D eigenvalue weighted by Crippen LogP contribution is -2.34. The highest BCUT2D eigenvalue weighted by Crippen LogP contribution is 2.35. The van der Waals surface area contributed by atoms with E-state index < -0.39 is 0 Å². The van der Waals surface area contributed by atoms with Crippen molar-refractivity contribution >= 4 is 11.3 Å². The van der Waals surface area contributed by atoms with Crippen molar-refractivity contribution in [3.63, 3.8) is 0 Å². The summed E-state index contributed by atoms with van der Waals surface area (Å²) < 4.78 is 0. The van der Waals surface area contributed by atoms with Crippen LogP contribution in [0.25, 0.3) is 0 Å². The SMILES string of the molecule is CC1NCCC1(C)c1ccsc1. The predicted molar refractivity (Wildman–Crippen MR) is 53.8 cm³/mol. The zero-order chi connectivity index (χ0) is 8.60. The molecule has 1 aliphatic rings. The van der Waals surface area contributed by atoms with Crippen molar-refractivity contribution in [3.8, 4) is 0 Å². The van der Waals surface area contributed by atoms with E-state index >= 15 is 0 Å². The fourth-order valence-electron chi connectivity index (χ4n) is 1.97. The first-order chi connectivity index (χ1) is 5.73. The molecule has 1 aromatic heterocycles. The maximum atomic E-state index is 3.50. The monoisotopic (exact) mass is 181 g/mol. The Hall–Kier alpha value is -0.340. The molecule has 2 heterocycles. The Morgan fingerprint density at radius 2 is 2.50 bits per heavy atom. The lowest BCUT2D eigenvalue weighted by atomic mass is 9.78. The van der Waals surface area contributed by atoms with Crippen LogP contribution in [0.2, 0.25) is 0 Å². The Morgan fingerprint density at radius 1 is 1.67 bits per heavy atom. The molecule has 0 saturated carbocycles. The molecule has 0 amide bonds. The highest BCUT2D eigenvalue weighted by Gasteiger charge is 2.37. The molecule has 12 heavy (non-hydrogen) atoms. The van der Waals surface area contributed by atoms with E-state index in [9.17, 15) is 0 Å². The highest BCUT2D eigenvalue weighted by atomic mass is 32.1. The molecule has 1 nitrogen and oxygen atoms in total. The number of nitrogens with one attached hydrogen (secondary N) is 1. The van der Waals surface area contributed by atoms with Crippen LogP contribution in [0.15, 0.2) is 16.8 Å². The predicted octanol–water partition coefficient (Wildman–Crippen LogP) is 2.39. The van der Waals surface area contributed by atoms with Gasteiger partial charge in [0, 0.05) is 11.5 Å². The second-order valence-corrected chi connectivity index (χ2v) is 4.64. The van der Waals surface area contributed by atoms with E-state index in [4.69, 9.17) is 0 Å². The van der Waals surface area contributed by atoms with E-state index in [0.29, 0.717) is 11.5 Å². The van der Waals surface area contributed by atoms with Gasteiger partial charge in [-0.2, -0.15) is 11.3 Å². The third kappa shape index (κ3) is 1.10. The fourth-order valence-corrected chi connectivity index (χ4v) is 2.77. The van der Waals surface area contributed by atoms with E-state index in [1.807, 2.05) is 0 Å². The van der Waals surface area contributed by atoms with Crippen LogP contribution in [0.3, 0.4) is 0 Å². The van der Waals surface area contributed by atoms with Crippen LogP contribution >= 0.6 is 11.3 Å². The van der Waals surface area contributed by atoms with Gasteiger partial charge in [0.05, 0.1) is 0 Å². The van der Waals surface area contributed by atoms with Gasteiger partial charge in [-0.25, -0.2) is 0 Å². The molecule has 1 N–H and O–H groups in total. The topological polar surface area (TPSA) is 12.0 Å². The van der Waals surface area contributed by atoms with Crippen molar-refractivity contribution in [3.05, 3.63) is 22.4 Å². The molecule has 1 aliphatic heterocycles. The second-order valence-electron chi connectivity index (χ2n) is 3.86. The fraction of sp³-hybridized carbons (Fsp3) is 0.600. The highest BCUT2D eigenvalue weighted by molar-refractivity contribution is 7.08. The first kappa shape index (κ1) is 8.27. The van der Waals surface area contributed by atoms with E-state index in [2.05, 4.69) is 36.0 Å². The molecular formula is C10H15NS. The lowest BCUT2D eigenvalue weighted by Gasteiger charge is -2.27. The van der Waals surface area contributed by atoms with Crippen LogP contribution in [0, 0.1) is 0 Å². The Labute approximate surface area is 77.8 Å². The van der Waals surface area contributed by atoms with Gasteiger partial charge in [0.1, 0.15) is 0 Å². The molecular weight excluding hydrogens is 166 g/mol. The molecule has 2 atom stereocenters. The minimum Gasteiger partial charge on any atom is -0.313 e. The quantitative estimate of drug-likeness (QED) is 0.701. The van der Waals surface area contributed by atoms with Crippen LogP contribution in [-0.2, 0) is 5.41 Å². The Balaban J connectivity index is 2.32. The summed E-state index contributed by atoms with van der Waals surface area (Å²) in [5.74, 6) is 0.